The van der Waals surface area contributed by atoms with E-state index in [1.165, 1.54) is 0 Å². The SMILES string of the molecule is O=CNC(Oc1ccc2ccccc2c1)C(Cl)(Cl)Cl. The van der Waals surface area contributed by atoms with Gasteiger partial charge in [-0.25, -0.2) is 0 Å². The molecule has 0 aliphatic heterocycles. The number of rotatable bonds is 4. The van der Waals surface area contributed by atoms with Crippen LogP contribution in [0.5, 0.6) is 5.75 Å². The predicted octanol–water partition coefficient (Wildman–Crippen LogP) is 3.66. The number of halogens is 3. The Balaban J connectivity index is 2.26. The van der Waals surface area contributed by atoms with E-state index < -0.39 is 10.0 Å². The Hall–Kier alpha value is -1.16. The number of nitrogens with one attached hydrogen (secondary N) is 1. The van der Waals surface area contributed by atoms with Crippen LogP contribution in [0.4, 0.5) is 0 Å². The Labute approximate surface area is 125 Å². The highest BCUT2D eigenvalue weighted by Gasteiger charge is 2.34. The minimum atomic E-state index is -1.76. The van der Waals surface area contributed by atoms with Crippen LogP contribution in [0.25, 0.3) is 10.8 Å². The minimum absolute atomic E-state index is 0.424. The molecule has 2 aromatic carbocycles. The normalized spacial score (nSPS) is 13.0. The third-order valence-corrected chi connectivity index (χ3v) is 3.09. The summed E-state index contributed by atoms with van der Waals surface area (Å²) in [6.45, 7) is 0. The average molecular weight is 319 g/mol. The molecule has 19 heavy (non-hydrogen) atoms. The molecule has 1 unspecified atom stereocenters. The van der Waals surface area contributed by atoms with Gasteiger partial charge in [0.05, 0.1) is 0 Å². The van der Waals surface area contributed by atoms with Crippen molar-refractivity contribution < 1.29 is 9.53 Å². The molecule has 1 amide bonds. The van der Waals surface area contributed by atoms with Crippen molar-refractivity contribution in [2.24, 2.45) is 0 Å². The van der Waals surface area contributed by atoms with Crippen molar-refractivity contribution in [1.82, 2.24) is 5.32 Å². The molecule has 0 bridgehead atoms. The van der Waals surface area contributed by atoms with Crippen LogP contribution in [0.3, 0.4) is 0 Å². The van der Waals surface area contributed by atoms with Gasteiger partial charge < -0.3 is 10.1 Å². The van der Waals surface area contributed by atoms with Gasteiger partial charge in [0.25, 0.3) is 0 Å². The van der Waals surface area contributed by atoms with Crippen LogP contribution in [-0.2, 0) is 4.79 Å². The first-order valence-electron chi connectivity index (χ1n) is 5.42. The molecule has 0 aromatic heterocycles. The van der Waals surface area contributed by atoms with E-state index in [4.69, 9.17) is 39.5 Å². The molecular formula is C13H10Cl3NO2. The Morgan fingerprint density at radius 2 is 1.79 bits per heavy atom. The summed E-state index contributed by atoms with van der Waals surface area (Å²) in [6, 6.07) is 13.2. The Bertz CT molecular complexity index is 583. The molecule has 0 saturated heterocycles. The molecule has 0 aliphatic carbocycles. The quantitative estimate of drug-likeness (QED) is 0.531. The number of carbonyl (C=O) groups excluding carboxylic acids is 1. The van der Waals surface area contributed by atoms with Crippen molar-refractivity contribution in [3.63, 3.8) is 0 Å². The van der Waals surface area contributed by atoms with Gasteiger partial charge in [0.2, 0.25) is 16.4 Å². The first kappa shape index (κ1) is 14.3. The maximum Gasteiger partial charge on any atom is 0.246 e. The van der Waals surface area contributed by atoms with E-state index in [9.17, 15) is 4.79 Å². The summed E-state index contributed by atoms with van der Waals surface area (Å²) in [7, 11) is 0. The summed E-state index contributed by atoms with van der Waals surface area (Å²) in [5.74, 6) is 0.504. The van der Waals surface area contributed by atoms with Crippen LogP contribution in [0.1, 0.15) is 0 Å². The van der Waals surface area contributed by atoms with Gasteiger partial charge in [0.1, 0.15) is 5.75 Å². The smallest absolute Gasteiger partial charge is 0.246 e. The van der Waals surface area contributed by atoms with Crippen LogP contribution in [-0.4, -0.2) is 16.4 Å². The van der Waals surface area contributed by atoms with Crippen molar-refractivity contribution >= 4 is 52.0 Å². The van der Waals surface area contributed by atoms with Crippen molar-refractivity contribution in [2.45, 2.75) is 10.0 Å². The molecule has 1 atom stereocenters. The summed E-state index contributed by atoms with van der Waals surface area (Å²) >= 11 is 17.2. The molecular weight excluding hydrogens is 309 g/mol. The van der Waals surface area contributed by atoms with E-state index in [2.05, 4.69) is 5.32 Å². The molecule has 0 aliphatic rings. The van der Waals surface area contributed by atoms with Crippen molar-refractivity contribution in [2.75, 3.05) is 0 Å². The lowest BCUT2D eigenvalue weighted by Gasteiger charge is -2.24. The first-order chi connectivity index (χ1) is 9.00. The third kappa shape index (κ3) is 3.66. The lowest BCUT2D eigenvalue weighted by Crippen LogP contribution is -2.44. The second kappa shape index (κ2) is 5.87. The Morgan fingerprint density at radius 3 is 2.42 bits per heavy atom. The predicted molar refractivity (Wildman–Crippen MR) is 77.9 cm³/mol. The van der Waals surface area contributed by atoms with Crippen LogP contribution >= 0.6 is 34.8 Å². The maximum absolute atomic E-state index is 10.5. The number of fused-ring (bicyclic) bond motifs is 1. The summed E-state index contributed by atoms with van der Waals surface area (Å²) in [4.78, 5) is 10.5. The lowest BCUT2D eigenvalue weighted by atomic mass is 10.1. The molecule has 0 fully saturated rings. The minimum Gasteiger partial charge on any atom is -0.466 e. The molecule has 3 nitrogen and oxygen atoms in total. The molecule has 0 heterocycles. The summed E-state index contributed by atoms with van der Waals surface area (Å²) in [6.07, 6.45) is -0.635. The van der Waals surface area contributed by atoms with Crippen molar-refractivity contribution in [1.29, 1.82) is 0 Å². The highest BCUT2D eigenvalue weighted by molar-refractivity contribution is 6.68. The number of hydrogen-bond acceptors (Lipinski definition) is 2. The fraction of sp³-hybridized carbons (Fsp3) is 0.154. The average Bonchev–Trinajstić information content (AvgIpc) is 2.37. The fourth-order valence-corrected chi connectivity index (χ4v) is 1.96. The standard InChI is InChI=1S/C13H10Cl3NO2/c14-13(15,16)12(17-8-18)19-11-6-5-9-3-1-2-4-10(9)7-11/h1-8,12H,(H,17,18). The van der Waals surface area contributed by atoms with Gasteiger partial charge in [-0.15, -0.1) is 0 Å². The number of hydrogen-bond donors (Lipinski definition) is 1. The highest BCUT2D eigenvalue weighted by atomic mass is 35.6. The van der Waals surface area contributed by atoms with E-state index in [0.717, 1.165) is 10.8 Å². The Morgan fingerprint density at radius 1 is 1.11 bits per heavy atom. The third-order valence-electron chi connectivity index (χ3n) is 2.49. The van der Waals surface area contributed by atoms with E-state index in [0.29, 0.717) is 12.2 Å². The summed E-state index contributed by atoms with van der Waals surface area (Å²) < 4.78 is 3.73. The van der Waals surface area contributed by atoms with Crippen molar-refractivity contribution in [3.8, 4) is 5.75 Å². The van der Waals surface area contributed by atoms with Gasteiger partial charge in [-0.05, 0) is 22.9 Å². The fourth-order valence-electron chi connectivity index (χ4n) is 1.63. The second-order valence-corrected chi connectivity index (χ2v) is 6.20. The van der Waals surface area contributed by atoms with Crippen molar-refractivity contribution in [3.05, 3.63) is 42.5 Å². The topological polar surface area (TPSA) is 38.3 Å². The van der Waals surface area contributed by atoms with Gasteiger partial charge in [-0.2, -0.15) is 0 Å². The van der Waals surface area contributed by atoms with E-state index in [1.807, 2.05) is 36.4 Å². The molecule has 100 valence electrons. The van der Waals surface area contributed by atoms with E-state index in [1.54, 1.807) is 6.07 Å². The molecule has 6 heteroatoms. The monoisotopic (exact) mass is 317 g/mol. The van der Waals surface area contributed by atoms with Gasteiger partial charge >= 0.3 is 0 Å². The van der Waals surface area contributed by atoms with Gasteiger partial charge in [0, 0.05) is 0 Å². The highest BCUT2D eigenvalue weighted by Crippen LogP contribution is 2.32. The molecule has 0 saturated carbocycles. The van der Waals surface area contributed by atoms with E-state index >= 15 is 0 Å². The molecule has 2 rings (SSSR count). The number of carbonyl (C=O) groups is 1. The number of alkyl halides is 3. The summed E-state index contributed by atoms with van der Waals surface area (Å²) in [5, 5.41) is 4.39. The zero-order valence-electron chi connectivity index (χ0n) is 9.65. The van der Waals surface area contributed by atoms with Gasteiger partial charge in [-0.1, -0.05) is 65.1 Å². The van der Waals surface area contributed by atoms with Gasteiger partial charge in [0.15, 0.2) is 0 Å². The second-order valence-electron chi connectivity index (χ2n) is 3.83. The van der Waals surface area contributed by atoms with Gasteiger partial charge in [-0.3, -0.25) is 4.79 Å². The van der Waals surface area contributed by atoms with Crippen LogP contribution in [0, 0.1) is 0 Å². The van der Waals surface area contributed by atoms with Crippen LogP contribution < -0.4 is 10.1 Å². The zero-order chi connectivity index (χ0) is 13.9. The number of amides is 1. The van der Waals surface area contributed by atoms with Crippen LogP contribution in [0.2, 0.25) is 0 Å². The first-order valence-corrected chi connectivity index (χ1v) is 6.56. The largest absolute Gasteiger partial charge is 0.466 e. The number of benzene rings is 2. The summed E-state index contributed by atoms with van der Waals surface area (Å²) in [5.41, 5.74) is 0. The molecule has 1 N–H and O–H groups in total. The zero-order valence-corrected chi connectivity index (χ0v) is 11.9. The lowest BCUT2D eigenvalue weighted by molar-refractivity contribution is -0.111. The Kier molecular flexibility index (Phi) is 4.40. The van der Waals surface area contributed by atoms with Crippen LogP contribution in [0.15, 0.2) is 42.5 Å². The molecule has 0 spiro atoms. The molecule has 0 radical (unpaired) electrons. The molecule has 2 aromatic rings. The number of ether oxygens (including phenoxy) is 1. The maximum atomic E-state index is 10.5. The van der Waals surface area contributed by atoms with E-state index in [-0.39, 0.29) is 0 Å².